The third kappa shape index (κ3) is 2.58. The van der Waals surface area contributed by atoms with Crippen molar-refractivity contribution in [3.63, 3.8) is 0 Å². The second-order valence-corrected chi connectivity index (χ2v) is 4.61. The van der Waals surface area contributed by atoms with E-state index < -0.39 is 0 Å². The number of aromatic hydroxyl groups is 1. The zero-order valence-electron chi connectivity index (χ0n) is 10.1. The number of nitrogens with zero attached hydrogens (tertiary/aromatic N) is 1. The van der Waals surface area contributed by atoms with Crippen molar-refractivity contribution in [3.05, 3.63) is 29.3 Å². The lowest BCUT2D eigenvalue weighted by Crippen LogP contribution is -2.14. The topological polar surface area (TPSA) is 49.8 Å². The smallest absolute Gasteiger partial charge is 0.339 e. The van der Waals surface area contributed by atoms with Crippen molar-refractivity contribution < 1.29 is 14.6 Å². The lowest BCUT2D eigenvalue weighted by atomic mass is 10.0. The van der Waals surface area contributed by atoms with Gasteiger partial charge < -0.3 is 14.7 Å². The summed E-state index contributed by atoms with van der Waals surface area (Å²) in [7, 11) is 4.04. The molecule has 0 saturated heterocycles. The lowest BCUT2D eigenvalue weighted by molar-refractivity contribution is 0.0361. The van der Waals surface area contributed by atoms with Crippen molar-refractivity contribution in [2.24, 2.45) is 0 Å². The quantitative estimate of drug-likeness (QED) is 0.810. The van der Waals surface area contributed by atoms with Crippen molar-refractivity contribution in [2.75, 3.05) is 20.6 Å². The SMILES string of the molecule is CN(C)CCCC1OC(=O)c2cc(O)ccc21. The minimum absolute atomic E-state index is 0.106. The molecule has 0 fully saturated rings. The van der Waals surface area contributed by atoms with Crippen LogP contribution in [0.15, 0.2) is 18.2 Å². The maximum atomic E-state index is 11.6. The normalized spacial score (nSPS) is 18.3. The minimum atomic E-state index is -0.328. The van der Waals surface area contributed by atoms with Gasteiger partial charge in [0.25, 0.3) is 0 Å². The Morgan fingerprint density at radius 2 is 2.18 bits per heavy atom. The summed E-state index contributed by atoms with van der Waals surface area (Å²) < 4.78 is 5.30. The van der Waals surface area contributed by atoms with Gasteiger partial charge in [0.15, 0.2) is 0 Å². The summed E-state index contributed by atoms with van der Waals surface area (Å²) in [5.74, 6) is -0.222. The molecule has 1 aromatic carbocycles. The van der Waals surface area contributed by atoms with Gasteiger partial charge in [-0.05, 0) is 45.6 Å². The highest BCUT2D eigenvalue weighted by Crippen LogP contribution is 2.35. The van der Waals surface area contributed by atoms with Crippen LogP contribution in [0.5, 0.6) is 5.75 Å². The third-order valence-corrected chi connectivity index (χ3v) is 2.92. The molecule has 1 heterocycles. The summed E-state index contributed by atoms with van der Waals surface area (Å²) in [4.78, 5) is 13.7. The van der Waals surface area contributed by atoms with Crippen LogP contribution in [-0.2, 0) is 4.74 Å². The van der Waals surface area contributed by atoms with Gasteiger partial charge in [-0.1, -0.05) is 6.07 Å². The molecule has 1 unspecified atom stereocenters. The summed E-state index contributed by atoms with van der Waals surface area (Å²) in [6.07, 6.45) is 1.64. The molecular weight excluding hydrogens is 218 g/mol. The number of ether oxygens (including phenoxy) is 1. The van der Waals surface area contributed by atoms with Gasteiger partial charge in [0.1, 0.15) is 11.9 Å². The Morgan fingerprint density at radius 1 is 1.41 bits per heavy atom. The van der Waals surface area contributed by atoms with E-state index in [1.807, 2.05) is 14.1 Å². The summed E-state index contributed by atoms with van der Waals surface area (Å²) in [6, 6.07) is 4.85. The summed E-state index contributed by atoms with van der Waals surface area (Å²) in [5.41, 5.74) is 1.39. The van der Waals surface area contributed by atoms with E-state index in [1.54, 1.807) is 12.1 Å². The molecule has 4 heteroatoms. The molecule has 0 amide bonds. The summed E-state index contributed by atoms with van der Waals surface area (Å²) in [6.45, 7) is 0.974. The molecule has 0 aromatic heterocycles. The van der Waals surface area contributed by atoms with Gasteiger partial charge in [-0.25, -0.2) is 4.79 Å². The molecular formula is C13H17NO3. The lowest BCUT2D eigenvalue weighted by Gasteiger charge is -2.13. The first-order chi connectivity index (χ1) is 8.08. The highest BCUT2D eigenvalue weighted by atomic mass is 16.5. The number of hydrogen-bond acceptors (Lipinski definition) is 4. The monoisotopic (exact) mass is 235 g/mol. The number of hydrogen-bond donors (Lipinski definition) is 1. The fourth-order valence-corrected chi connectivity index (χ4v) is 2.07. The van der Waals surface area contributed by atoms with Crippen molar-refractivity contribution in [3.8, 4) is 5.75 Å². The molecule has 0 spiro atoms. The highest BCUT2D eigenvalue weighted by Gasteiger charge is 2.30. The molecule has 1 atom stereocenters. The largest absolute Gasteiger partial charge is 0.508 e. The van der Waals surface area contributed by atoms with E-state index in [1.165, 1.54) is 6.07 Å². The standard InChI is InChI=1S/C13H17NO3/c1-14(2)7-3-4-12-10-6-5-9(15)8-11(10)13(16)17-12/h5-6,8,12,15H,3-4,7H2,1-2H3. The molecule has 92 valence electrons. The summed E-state index contributed by atoms with van der Waals surface area (Å²) in [5, 5.41) is 9.33. The molecule has 17 heavy (non-hydrogen) atoms. The van der Waals surface area contributed by atoms with Gasteiger partial charge in [-0.3, -0.25) is 0 Å². The molecule has 4 nitrogen and oxygen atoms in total. The Labute approximate surface area is 101 Å². The molecule has 2 rings (SSSR count). The van der Waals surface area contributed by atoms with E-state index in [0.717, 1.165) is 24.9 Å². The van der Waals surface area contributed by atoms with E-state index in [0.29, 0.717) is 5.56 Å². The number of phenolic OH excluding ortho intramolecular Hbond substituents is 1. The van der Waals surface area contributed by atoms with Crippen LogP contribution in [0.3, 0.4) is 0 Å². The Kier molecular flexibility index (Phi) is 3.33. The number of esters is 1. The highest BCUT2D eigenvalue weighted by molar-refractivity contribution is 5.94. The predicted octanol–water partition coefficient (Wildman–Crippen LogP) is 1.95. The molecule has 1 N–H and O–H groups in total. The Hall–Kier alpha value is -1.55. The van der Waals surface area contributed by atoms with Crippen LogP contribution in [0, 0.1) is 0 Å². The van der Waals surface area contributed by atoms with Crippen molar-refractivity contribution in [1.29, 1.82) is 0 Å². The first-order valence-corrected chi connectivity index (χ1v) is 5.76. The van der Waals surface area contributed by atoms with Crippen LogP contribution in [0.4, 0.5) is 0 Å². The Morgan fingerprint density at radius 3 is 2.88 bits per heavy atom. The Bertz CT molecular complexity index is 429. The first-order valence-electron chi connectivity index (χ1n) is 5.76. The van der Waals surface area contributed by atoms with Crippen LogP contribution in [0.25, 0.3) is 0 Å². The average molecular weight is 235 g/mol. The van der Waals surface area contributed by atoms with E-state index in [-0.39, 0.29) is 17.8 Å². The fraction of sp³-hybridized carbons (Fsp3) is 0.462. The summed E-state index contributed by atoms with van der Waals surface area (Å²) >= 11 is 0. The number of carbonyl (C=O) groups is 1. The van der Waals surface area contributed by atoms with Gasteiger partial charge in [-0.2, -0.15) is 0 Å². The molecule has 0 saturated carbocycles. The Balaban J connectivity index is 2.06. The van der Waals surface area contributed by atoms with Crippen LogP contribution in [0.1, 0.15) is 34.9 Å². The van der Waals surface area contributed by atoms with E-state index in [4.69, 9.17) is 4.74 Å². The van der Waals surface area contributed by atoms with Gasteiger partial charge >= 0.3 is 5.97 Å². The van der Waals surface area contributed by atoms with E-state index in [9.17, 15) is 9.90 Å². The van der Waals surface area contributed by atoms with Gasteiger partial charge in [0.05, 0.1) is 5.56 Å². The van der Waals surface area contributed by atoms with Gasteiger partial charge in [-0.15, -0.1) is 0 Å². The zero-order valence-corrected chi connectivity index (χ0v) is 10.1. The number of benzene rings is 1. The molecule has 0 aliphatic carbocycles. The fourth-order valence-electron chi connectivity index (χ4n) is 2.07. The van der Waals surface area contributed by atoms with E-state index >= 15 is 0 Å². The molecule has 1 aromatic rings. The van der Waals surface area contributed by atoms with Crippen LogP contribution in [0.2, 0.25) is 0 Å². The number of phenols is 1. The maximum Gasteiger partial charge on any atom is 0.339 e. The van der Waals surface area contributed by atoms with Crippen molar-refractivity contribution >= 4 is 5.97 Å². The number of fused-ring (bicyclic) bond motifs is 1. The number of rotatable bonds is 4. The average Bonchev–Trinajstić information content (AvgIpc) is 2.55. The number of carbonyl (C=O) groups excluding carboxylic acids is 1. The van der Waals surface area contributed by atoms with Crippen LogP contribution < -0.4 is 0 Å². The first kappa shape index (κ1) is 11.9. The molecule has 1 aliphatic heterocycles. The minimum Gasteiger partial charge on any atom is -0.508 e. The molecule has 0 bridgehead atoms. The predicted molar refractivity (Wildman–Crippen MR) is 64.1 cm³/mol. The van der Waals surface area contributed by atoms with Crippen LogP contribution in [-0.4, -0.2) is 36.6 Å². The second kappa shape index (κ2) is 4.75. The maximum absolute atomic E-state index is 11.6. The van der Waals surface area contributed by atoms with E-state index in [2.05, 4.69) is 4.90 Å². The second-order valence-electron chi connectivity index (χ2n) is 4.61. The zero-order chi connectivity index (χ0) is 12.4. The molecule has 0 radical (unpaired) electrons. The number of cyclic esters (lactones) is 1. The van der Waals surface area contributed by atoms with Gasteiger partial charge in [0.2, 0.25) is 0 Å². The molecule has 1 aliphatic rings. The van der Waals surface area contributed by atoms with Crippen LogP contribution >= 0.6 is 0 Å². The van der Waals surface area contributed by atoms with Crippen molar-refractivity contribution in [1.82, 2.24) is 4.90 Å². The van der Waals surface area contributed by atoms with Crippen molar-refractivity contribution in [2.45, 2.75) is 18.9 Å². The third-order valence-electron chi connectivity index (χ3n) is 2.92. The van der Waals surface area contributed by atoms with Gasteiger partial charge in [0, 0.05) is 5.56 Å².